The first-order valence-electron chi connectivity index (χ1n) is 5.84. The number of nitrogens with one attached hydrogen (secondary N) is 1. The van der Waals surface area contributed by atoms with Crippen molar-refractivity contribution < 1.29 is 24.2 Å². The van der Waals surface area contributed by atoms with Gasteiger partial charge in [-0.3, -0.25) is 4.79 Å². The van der Waals surface area contributed by atoms with Gasteiger partial charge in [0.2, 0.25) is 11.8 Å². The second kappa shape index (κ2) is 5.35. The summed E-state index contributed by atoms with van der Waals surface area (Å²) in [6.45, 7) is 0.291. The molecular weight excluding hydrogens is 254 g/mol. The minimum atomic E-state index is -1.34. The summed E-state index contributed by atoms with van der Waals surface area (Å²) in [6, 6.07) is 0. The first-order chi connectivity index (χ1) is 9.07. The van der Waals surface area contributed by atoms with Crippen LogP contribution in [0.3, 0.4) is 0 Å². The average Bonchev–Trinajstić information content (AvgIpc) is 2.88. The van der Waals surface area contributed by atoms with Crippen molar-refractivity contribution in [3.8, 4) is 0 Å². The van der Waals surface area contributed by atoms with E-state index in [-0.39, 0.29) is 19.4 Å². The summed E-state index contributed by atoms with van der Waals surface area (Å²) in [5.41, 5.74) is -1.34. The SMILES string of the molecule is COC1=NN=CC(C(=O)NC2(C(=O)O)CCOC2)C1. The molecule has 0 aromatic carbocycles. The van der Waals surface area contributed by atoms with Gasteiger partial charge in [0.25, 0.3) is 0 Å². The molecule has 2 heterocycles. The zero-order chi connectivity index (χ0) is 13.9. The van der Waals surface area contributed by atoms with Gasteiger partial charge in [-0.25, -0.2) is 4.79 Å². The van der Waals surface area contributed by atoms with Crippen LogP contribution in [0.25, 0.3) is 0 Å². The van der Waals surface area contributed by atoms with Gasteiger partial charge in [0, 0.05) is 25.7 Å². The topological polar surface area (TPSA) is 110 Å². The van der Waals surface area contributed by atoms with Gasteiger partial charge in [0.1, 0.15) is 0 Å². The van der Waals surface area contributed by atoms with E-state index in [4.69, 9.17) is 9.47 Å². The molecule has 2 rings (SSSR count). The molecule has 0 saturated carbocycles. The lowest BCUT2D eigenvalue weighted by Gasteiger charge is -2.26. The van der Waals surface area contributed by atoms with Crippen LogP contribution in [-0.2, 0) is 19.1 Å². The molecule has 0 aliphatic carbocycles. The van der Waals surface area contributed by atoms with Crippen molar-refractivity contribution in [2.24, 2.45) is 16.1 Å². The largest absolute Gasteiger partial charge is 0.483 e. The van der Waals surface area contributed by atoms with Crippen LogP contribution in [0.4, 0.5) is 0 Å². The van der Waals surface area contributed by atoms with Gasteiger partial charge < -0.3 is 19.9 Å². The van der Waals surface area contributed by atoms with Gasteiger partial charge in [-0.2, -0.15) is 5.10 Å². The zero-order valence-electron chi connectivity index (χ0n) is 10.5. The van der Waals surface area contributed by atoms with E-state index < -0.39 is 23.3 Å². The number of hydrogen-bond donors (Lipinski definition) is 2. The van der Waals surface area contributed by atoms with Crippen molar-refractivity contribution in [2.75, 3.05) is 20.3 Å². The molecule has 2 unspecified atom stereocenters. The normalized spacial score (nSPS) is 29.7. The number of amides is 1. The molecule has 19 heavy (non-hydrogen) atoms. The second-order valence-corrected chi connectivity index (χ2v) is 4.45. The van der Waals surface area contributed by atoms with E-state index in [2.05, 4.69) is 15.5 Å². The Kier molecular flexibility index (Phi) is 3.79. The van der Waals surface area contributed by atoms with Crippen LogP contribution in [0.5, 0.6) is 0 Å². The van der Waals surface area contributed by atoms with E-state index in [1.54, 1.807) is 0 Å². The first kappa shape index (κ1) is 13.5. The average molecular weight is 269 g/mol. The maximum Gasteiger partial charge on any atom is 0.331 e. The Hall–Kier alpha value is -1.96. The van der Waals surface area contributed by atoms with Crippen LogP contribution in [-0.4, -0.2) is 55.0 Å². The Labute approximate surface area is 109 Å². The number of carboxylic acids is 1. The Bertz CT molecular complexity index is 440. The highest BCUT2D eigenvalue weighted by atomic mass is 16.5. The third kappa shape index (κ3) is 2.73. The summed E-state index contributed by atoms with van der Waals surface area (Å²) in [7, 11) is 1.44. The Morgan fingerprint density at radius 2 is 2.42 bits per heavy atom. The third-order valence-electron chi connectivity index (χ3n) is 3.18. The molecule has 0 aromatic rings. The molecule has 2 atom stereocenters. The van der Waals surface area contributed by atoms with Crippen molar-refractivity contribution in [2.45, 2.75) is 18.4 Å². The molecule has 0 aromatic heterocycles. The van der Waals surface area contributed by atoms with Gasteiger partial charge in [0.05, 0.1) is 19.6 Å². The quantitative estimate of drug-likeness (QED) is 0.710. The van der Waals surface area contributed by atoms with Crippen molar-refractivity contribution in [3.05, 3.63) is 0 Å². The van der Waals surface area contributed by atoms with E-state index in [1.807, 2.05) is 0 Å². The highest BCUT2D eigenvalue weighted by Crippen LogP contribution is 2.20. The maximum absolute atomic E-state index is 12.1. The van der Waals surface area contributed by atoms with E-state index in [0.717, 1.165) is 0 Å². The van der Waals surface area contributed by atoms with Crippen molar-refractivity contribution >= 4 is 24.0 Å². The molecule has 104 valence electrons. The fourth-order valence-corrected chi connectivity index (χ4v) is 1.96. The number of methoxy groups -OCH3 is 1. The van der Waals surface area contributed by atoms with E-state index in [0.29, 0.717) is 12.5 Å². The van der Waals surface area contributed by atoms with Crippen LogP contribution in [0.15, 0.2) is 10.2 Å². The monoisotopic (exact) mass is 269 g/mol. The fourth-order valence-electron chi connectivity index (χ4n) is 1.96. The van der Waals surface area contributed by atoms with Crippen molar-refractivity contribution in [1.29, 1.82) is 0 Å². The van der Waals surface area contributed by atoms with E-state index >= 15 is 0 Å². The maximum atomic E-state index is 12.1. The number of carbonyl (C=O) groups excluding carboxylic acids is 1. The molecule has 2 aliphatic rings. The van der Waals surface area contributed by atoms with Crippen LogP contribution in [0, 0.1) is 5.92 Å². The summed E-state index contributed by atoms with van der Waals surface area (Å²) >= 11 is 0. The molecule has 2 aliphatic heterocycles. The van der Waals surface area contributed by atoms with Crippen LogP contribution < -0.4 is 5.32 Å². The highest BCUT2D eigenvalue weighted by molar-refractivity contribution is 6.00. The fraction of sp³-hybridized carbons (Fsp3) is 0.636. The van der Waals surface area contributed by atoms with Gasteiger partial charge >= 0.3 is 5.97 Å². The molecule has 1 fully saturated rings. The summed E-state index contributed by atoms with van der Waals surface area (Å²) in [5, 5.41) is 19.2. The van der Waals surface area contributed by atoms with E-state index in [1.165, 1.54) is 13.3 Å². The molecule has 1 saturated heterocycles. The lowest BCUT2D eigenvalue weighted by atomic mass is 9.96. The number of nitrogens with zero attached hydrogens (tertiary/aromatic N) is 2. The van der Waals surface area contributed by atoms with E-state index in [9.17, 15) is 14.7 Å². The molecule has 0 bridgehead atoms. The number of rotatable bonds is 3. The van der Waals surface area contributed by atoms with Crippen molar-refractivity contribution in [1.82, 2.24) is 5.32 Å². The summed E-state index contributed by atoms with van der Waals surface area (Å²) in [4.78, 5) is 23.4. The number of ether oxygens (including phenoxy) is 2. The Balaban J connectivity index is 2.03. The second-order valence-electron chi connectivity index (χ2n) is 4.45. The van der Waals surface area contributed by atoms with Gasteiger partial charge in [0.15, 0.2) is 5.54 Å². The molecular formula is C11H15N3O5. The highest BCUT2D eigenvalue weighted by Gasteiger charge is 2.45. The smallest absolute Gasteiger partial charge is 0.331 e. The number of aliphatic carboxylic acids is 1. The van der Waals surface area contributed by atoms with Crippen LogP contribution >= 0.6 is 0 Å². The molecule has 8 heteroatoms. The number of hydrogen-bond acceptors (Lipinski definition) is 6. The molecule has 0 spiro atoms. The minimum absolute atomic E-state index is 0.0246. The zero-order valence-corrected chi connectivity index (χ0v) is 10.5. The predicted octanol–water partition coefficient (Wildman–Crippen LogP) is -0.603. The summed E-state index contributed by atoms with van der Waals surface area (Å²) in [6.07, 6.45) is 1.90. The molecule has 8 nitrogen and oxygen atoms in total. The molecule has 2 N–H and O–H groups in total. The Morgan fingerprint density at radius 1 is 1.63 bits per heavy atom. The summed E-state index contributed by atoms with van der Waals surface area (Å²) < 4.78 is 10.0. The number of carbonyl (C=O) groups is 2. The molecule has 0 radical (unpaired) electrons. The lowest BCUT2D eigenvalue weighted by Crippen LogP contribution is -2.57. The lowest BCUT2D eigenvalue weighted by molar-refractivity contribution is -0.148. The van der Waals surface area contributed by atoms with Crippen LogP contribution in [0.1, 0.15) is 12.8 Å². The van der Waals surface area contributed by atoms with Gasteiger partial charge in [-0.1, -0.05) is 0 Å². The van der Waals surface area contributed by atoms with Gasteiger partial charge in [-0.15, -0.1) is 5.10 Å². The minimum Gasteiger partial charge on any atom is -0.483 e. The third-order valence-corrected chi connectivity index (χ3v) is 3.18. The van der Waals surface area contributed by atoms with Crippen LogP contribution in [0.2, 0.25) is 0 Å². The summed E-state index contributed by atoms with van der Waals surface area (Å²) in [5.74, 6) is -1.74. The van der Waals surface area contributed by atoms with Gasteiger partial charge in [-0.05, 0) is 0 Å². The first-order valence-corrected chi connectivity index (χ1v) is 5.84. The standard InChI is InChI=1S/C11H15N3O5/c1-18-8-4-7(5-12-14-8)9(15)13-11(10(16)17)2-3-19-6-11/h5,7H,2-4,6H2,1H3,(H,13,15)(H,16,17). The van der Waals surface area contributed by atoms with Crippen molar-refractivity contribution in [3.63, 3.8) is 0 Å². The number of carboxylic acid groups (broad SMARTS) is 1. The Morgan fingerprint density at radius 3 is 3.00 bits per heavy atom. The predicted molar refractivity (Wildman–Crippen MR) is 65.0 cm³/mol. The molecule has 1 amide bonds.